The summed E-state index contributed by atoms with van der Waals surface area (Å²) in [6.07, 6.45) is 0. The summed E-state index contributed by atoms with van der Waals surface area (Å²) in [5, 5.41) is 17.5. The molecule has 0 amide bonds. The number of anilines is 1. The quantitative estimate of drug-likeness (QED) is 0.676. The predicted octanol–water partition coefficient (Wildman–Crippen LogP) is 2.55. The Labute approximate surface area is 107 Å². The second kappa shape index (κ2) is 5.01. The van der Waals surface area contributed by atoms with Crippen molar-refractivity contribution < 1.29 is 9.45 Å². The molecule has 0 aliphatic carbocycles. The molecule has 0 bridgehead atoms. The molecule has 0 atom stereocenters. The maximum Gasteiger partial charge on any atom is 0.310 e. The summed E-state index contributed by atoms with van der Waals surface area (Å²) in [5.41, 5.74) is 0.148. The van der Waals surface area contributed by atoms with Crippen molar-refractivity contribution in [2.75, 3.05) is 5.32 Å². The molecular weight excluding hydrogens is 260 g/mol. The highest BCUT2D eigenvalue weighted by atomic mass is 35.5. The van der Waals surface area contributed by atoms with Crippen LogP contribution in [-0.2, 0) is 6.54 Å². The van der Waals surface area contributed by atoms with Gasteiger partial charge in [0.1, 0.15) is 10.7 Å². The van der Waals surface area contributed by atoms with E-state index in [-0.39, 0.29) is 17.3 Å². The molecular formula is C10H9ClN4O3. The van der Waals surface area contributed by atoms with Crippen LogP contribution in [0, 0.1) is 17.0 Å². The summed E-state index contributed by atoms with van der Waals surface area (Å²) in [4.78, 5) is 14.3. The van der Waals surface area contributed by atoms with E-state index in [1.807, 2.05) is 0 Å². The van der Waals surface area contributed by atoms with Gasteiger partial charge in [-0.3, -0.25) is 10.1 Å². The molecule has 1 aromatic carbocycles. The molecule has 0 radical (unpaired) electrons. The molecule has 1 heterocycles. The third kappa shape index (κ3) is 2.57. The number of hydrogen-bond acceptors (Lipinski definition) is 6. The van der Waals surface area contributed by atoms with Gasteiger partial charge in [0, 0.05) is 6.92 Å². The summed E-state index contributed by atoms with van der Waals surface area (Å²) in [6, 6.07) is 4.65. The fourth-order valence-corrected chi connectivity index (χ4v) is 1.67. The minimum Gasteiger partial charge on any atom is -0.372 e. The van der Waals surface area contributed by atoms with Gasteiger partial charge in [-0.05, 0) is 12.1 Å². The molecule has 18 heavy (non-hydrogen) atoms. The van der Waals surface area contributed by atoms with E-state index in [4.69, 9.17) is 16.1 Å². The van der Waals surface area contributed by atoms with E-state index in [2.05, 4.69) is 15.5 Å². The third-order valence-corrected chi connectivity index (χ3v) is 2.48. The first-order valence-corrected chi connectivity index (χ1v) is 5.41. The Morgan fingerprint density at radius 1 is 1.56 bits per heavy atom. The predicted molar refractivity (Wildman–Crippen MR) is 64.5 cm³/mol. The molecule has 7 nitrogen and oxygen atoms in total. The maximum atomic E-state index is 10.9. The lowest BCUT2D eigenvalue weighted by Gasteiger charge is -2.05. The van der Waals surface area contributed by atoms with E-state index in [1.54, 1.807) is 19.1 Å². The van der Waals surface area contributed by atoms with Crippen molar-refractivity contribution in [3.63, 3.8) is 0 Å². The topological polar surface area (TPSA) is 94.1 Å². The van der Waals surface area contributed by atoms with Crippen LogP contribution in [0.3, 0.4) is 0 Å². The molecule has 0 unspecified atom stereocenters. The molecule has 8 heteroatoms. The average molecular weight is 269 g/mol. The minimum absolute atomic E-state index is 0.0780. The van der Waals surface area contributed by atoms with Crippen molar-refractivity contribution in [1.29, 1.82) is 0 Å². The molecule has 0 spiro atoms. The summed E-state index contributed by atoms with van der Waals surface area (Å²) >= 11 is 5.78. The van der Waals surface area contributed by atoms with Crippen molar-refractivity contribution in [1.82, 2.24) is 10.1 Å². The lowest BCUT2D eigenvalue weighted by molar-refractivity contribution is -0.383. The van der Waals surface area contributed by atoms with Gasteiger partial charge >= 0.3 is 5.69 Å². The van der Waals surface area contributed by atoms with Crippen molar-refractivity contribution in [3.05, 3.63) is 45.1 Å². The van der Waals surface area contributed by atoms with Crippen molar-refractivity contribution >= 4 is 23.0 Å². The number of nitro benzene ring substituents is 1. The number of nitro groups is 1. The number of hydrogen-bond donors (Lipinski definition) is 1. The lowest BCUT2D eigenvalue weighted by atomic mass is 10.2. The normalized spacial score (nSPS) is 10.3. The van der Waals surface area contributed by atoms with Crippen molar-refractivity contribution in [2.24, 2.45) is 0 Å². The molecule has 2 aromatic rings. The van der Waals surface area contributed by atoms with Crippen LogP contribution >= 0.6 is 11.6 Å². The van der Waals surface area contributed by atoms with Gasteiger partial charge in [-0.25, -0.2) is 0 Å². The van der Waals surface area contributed by atoms with Gasteiger partial charge in [-0.1, -0.05) is 22.8 Å². The Balaban J connectivity index is 2.19. The molecule has 0 saturated carbocycles. The van der Waals surface area contributed by atoms with Gasteiger partial charge in [0.05, 0.1) is 11.5 Å². The first-order chi connectivity index (χ1) is 8.58. The minimum atomic E-state index is -0.536. The highest BCUT2D eigenvalue weighted by Gasteiger charge is 2.18. The van der Waals surface area contributed by atoms with Crippen LogP contribution < -0.4 is 5.32 Å². The molecule has 94 valence electrons. The maximum absolute atomic E-state index is 10.9. The highest BCUT2D eigenvalue weighted by molar-refractivity contribution is 6.33. The van der Waals surface area contributed by atoms with Crippen LogP contribution in [0.5, 0.6) is 0 Å². The number of halogens is 1. The Hall–Kier alpha value is -2.15. The fourth-order valence-electron chi connectivity index (χ4n) is 1.43. The second-order valence-electron chi connectivity index (χ2n) is 3.48. The highest BCUT2D eigenvalue weighted by Crippen LogP contribution is 2.32. The van der Waals surface area contributed by atoms with Crippen LogP contribution in [0.25, 0.3) is 0 Å². The second-order valence-corrected chi connectivity index (χ2v) is 3.88. The number of aromatic nitrogens is 2. The SMILES string of the molecule is Cc1nc(CNc2cccc(Cl)c2[N+](=O)[O-])no1. The zero-order valence-electron chi connectivity index (χ0n) is 9.38. The van der Waals surface area contributed by atoms with E-state index >= 15 is 0 Å². The number of rotatable bonds is 4. The van der Waals surface area contributed by atoms with Crippen LogP contribution in [0.4, 0.5) is 11.4 Å². The van der Waals surface area contributed by atoms with Gasteiger partial charge < -0.3 is 9.84 Å². The van der Waals surface area contributed by atoms with E-state index in [0.29, 0.717) is 17.4 Å². The van der Waals surface area contributed by atoms with Crippen LogP contribution in [-0.4, -0.2) is 15.1 Å². The molecule has 0 fully saturated rings. The van der Waals surface area contributed by atoms with Gasteiger partial charge in [0.25, 0.3) is 0 Å². The Kier molecular flexibility index (Phi) is 3.42. The van der Waals surface area contributed by atoms with E-state index < -0.39 is 4.92 Å². The fraction of sp³-hybridized carbons (Fsp3) is 0.200. The van der Waals surface area contributed by atoms with Crippen molar-refractivity contribution in [2.45, 2.75) is 13.5 Å². The Morgan fingerprint density at radius 3 is 2.94 bits per heavy atom. The third-order valence-electron chi connectivity index (χ3n) is 2.18. The molecule has 2 rings (SSSR count). The number of aryl methyl sites for hydroxylation is 1. The average Bonchev–Trinajstić information content (AvgIpc) is 2.72. The van der Waals surface area contributed by atoms with Gasteiger partial charge in [0.2, 0.25) is 5.89 Å². The number of benzene rings is 1. The zero-order valence-corrected chi connectivity index (χ0v) is 10.1. The summed E-state index contributed by atoms with van der Waals surface area (Å²) in [6.45, 7) is 1.89. The number of nitrogens with zero attached hydrogens (tertiary/aromatic N) is 3. The standard InChI is InChI=1S/C10H9ClN4O3/c1-6-13-9(14-18-6)5-12-8-4-2-3-7(11)10(8)15(16)17/h2-4,12H,5H2,1H3. The molecule has 0 aliphatic rings. The molecule has 1 N–H and O–H groups in total. The summed E-state index contributed by atoms with van der Waals surface area (Å²) < 4.78 is 4.79. The Morgan fingerprint density at radius 2 is 2.33 bits per heavy atom. The Bertz CT molecular complexity index is 584. The van der Waals surface area contributed by atoms with E-state index in [1.165, 1.54) is 6.07 Å². The monoisotopic (exact) mass is 268 g/mol. The molecule has 1 aromatic heterocycles. The van der Waals surface area contributed by atoms with Gasteiger partial charge in [-0.2, -0.15) is 4.98 Å². The number of nitrogens with one attached hydrogen (secondary N) is 1. The van der Waals surface area contributed by atoms with Crippen LogP contribution in [0.2, 0.25) is 5.02 Å². The first-order valence-electron chi connectivity index (χ1n) is 5.04. The van der Waals surface area contributed by atoms with Gasteiger partial charge in [0.15, 0.2) is 5.82 Å². The smallest absolute Gasteiger partial charge is 0.310 e. The van der Waals surface area contributed by atoms with E-state index in [0.717, 1.165) is 0 Å². The van der Waals surface area contributed by atoms with Crippen LogP contribution in [0.1, 0.15) is 11.7 Å². The summed E-state index contributed by atoms with van der Waals surface area (Å²) in [7, 11) is 0. The largest absolute Gasteiger partial charge is 0.372 e. The van der Waals surface area contributed by atoms with Crippen LogP contribution in [0.15, 0.2) is 22.7 Å². The molecule has 0 aliphatic heterocycles. The van der Waals surface area contributed by atoms with Crippen molar-refractivity contribution in [3.8, 4) is 0 Å². The number of para-hydroxylation sites is 1. The lowest BCUT2D eigenvalue weighted by Crippen LogP contribution is -2.04. The van der Waals surface area contributed by atoms with Gasteiger partial charge in [-0.15, -0.1) is 0 Å². The zero-order chi connectivity index (χ0) is 13.1. The summed E-state index contributed by atoms with van der Waals surface area (Å²) in [5.74, 6) is 0.856. The first kappa shape index (κ1) is 12.3. The van der Waals surface area contributed by atoms with E-state index in [9.17, 15) is 10.1 Å². The molecule has 0 saturated heterocycles.